The number of pyridine rings is 1. The summed E-state index contributed by atoms with van der Waals surface area (Å²) in [5, 5.41) is 0. The van der Waals surface area contributed by atoms with Crippen LogP contribution in [-0.2, 0) is 12.8 Å². The molecule has 1 heterocycles. The fraction of sp³-hybridized carbons (Fsp3) is 0.261. The summed E-state index contributed by atoms with van der Waals surface area (Å²) >= 11 is 0. The normalized spacial score (nSPS) is 19.6. The lowest BCUT2D eigenvalue weighted by Crippen LogP contribution is -2.25. The second-order valence-electron chi connectivity index (χ2n) is 7.10. The van der Waals surface area contributed by atoms with Crippen LogP contribution in [0.2, 0.25) is 0 Å². The number of ether oxygens (including phenoxy) is 2. The van der Waals surface area contributed by atoms with Crippen molar-refractivity contribution in [2.45, 2.75) is 24.7 Å². The van der Waals surface area contributed by atoms with E-state index in [2.05, 4.69) is 48.5 Å². The van der Waals surface area contributed by atoms with Crippen LogP contribution in [0.5, 0.6) is 11.5 Å². The van der Waals surface area contributed by atoms with Gasteiger partial charge in [-0.1, -0.05) is 30.3 Å². The molecule has 0 unspecified atom stereocenters. The van der Waals surface area contributed by atoms with Crippen molar-refractivity contribution in [3.8, 4) is 11.5 Å². The number of nitrogens with zero attached hydrogens (tertiary/aromatic N) is 1. The van der Waals surface area contributed by atoms with Gasteiger partial charge in [0.15, 0.2) is 11.5 Å². The van der Waals surface area contributed by atoms with Gasteiger partial charge in [0.05, 0.1) is 19.9 Å². The highest BCUT2D eigenvalue weighted by molar-refractivity contribution is 5.56. The smallest absolute Gasteiger partial charge is 0.161 e. The topological polar surface area (TPSA) is 31.4 Å². The molecule has 0 radical (unpaired) electrons. The Kier molecular flexibility index (Phi) is 3.49. The Balaban J connectivity index is 1.74. The molecule has 26 heavy (non-hydrogen) atoms. The van der Waals surface area contributed by atoms with Gasteiger partial charge in [-0.15, -0.1) is 0 Å². The maximum absolute atomic E-state index is 5.56. The molecule has 3 nitrogen and oxygen atoms in total. The van der Waals surface area contributed by atoms with E-state index in [9.17, 15) is 0 Å². The van der Waals surface area contributed by atoms with Crippen LogP contribution in [0.4, 0.5) is 0 Å². The fourth-order valence-electron chi connectivity index (χ4n) is 4.69. The minimum absolute atomic E-state index is 0.288. The summed E-state index contributed by atoms with van der Waals surface area (Å²) in [6.07, 6.45) is 3.81. The first-order chi connectivity index (χ1) is 12.8. The summed E-state index contributed by atoms with van der Waals surface area (Å²) in [5.74, 6) is 2.23. The van der Waals surface area contributed by atoms with Crippen molar-refractivity contribution < 1.29 is 9.47 Å². The van der Waals surface area contributed by atoms with Crippen LogP contribution in [0.25, 0.3) is 0 Å². The molecule has 0 saturated heterocycles. The van der Waals surface area contributed by atoms with E-state index < -0.39 is 0 Å². The van der Waals surface area contributed by atoms with Gasteiger partial charge < -0.3 is 9.47 Å². The number of hydrogen-bond acceptors (Lipinski definition) is 3. The van der Waals surface area contributed by atoms with Crippen molar-refractivity contribution >= 4 is 0 Å². The largest absolute Gasteiger partial charge is 0.493 e. The first kappa shape index (κ1) is 15.4. The lowest BCUT2D eigenvalue weighted by molar-refractivity contribution is 0.353. The molecule has 0 spiro atoms. The monoisotopic (exact) mass is 343 g/mol. The summed E-state index contributed by atoms with van der Waals surface area (Å²) in [6, 6.07) is 17.5. The summed E-state index contributed by atoms with van der Waals surface area (Å²) < 4.78 is 11.1. The molecular weight excluding hydrogens is 322 g/mol. The van der Waals surface area contributed by atoms with Gasteiger partial charge in [0.1, 0.15) is 0 Å². The van der Waals surface area contributed by atoms with Crippen LogP contribution >= 0.6 is 0 Å². The molecule has 0 saturated carbocycles. The summed E-state index contributed by atoms with van der Waals surface area (Å²) in [4.78, 5) is 4.80. The molecule has 2 atom stereocenters. The van der Waals surface area contributed by atoms with Gasteiger partial charge >= 0.3 is 0 Å². The SMILES string of the molecule is COc1cc2c(cc1OC)C[C@H]1c3ccccc3[C@@H](C2)c2cccnc21. The first-order valence-electron chi connectivity index (χ1n) is 9.07. The molecule has 2 bridgehead atoms. The Morgan fingerprint density at radius 1 is 0.769 bits per heavy atom. The van der Waals surface area contributed by atoms with E-state index in [-0.39, 0.29) is 5.92 Å². The Bertz CT molecular complexity index is 869. The maximum Gasteiger partial charge on any atom is 0.161 e. The van der Waals surface area contributed by atoms with Gasteiger partial charge in [-0.25, -0.2) is 0 Å². The molecular formula is C23H21NO2. The molecule has 0 fully saturated rings. The summed E-state index contributed by atoms with van der Waals surface area (Å²) in [5.41, 5.74) is 8.15. The average molecular weight is 343 g/mol. The van der Waals surface area contributed by atoms with Crippen molar-refractivity contribution in [2.75, 3.05) is 14.2 Å². The van der Waals surface area contributed by atoms with Crippen LogP contribution in [0, 0.1) is 0 Å². The maximum atomic E-state index is 5.56. The Hall–Kier alpha value is -2.81. The van der Waals surface area contributed by atoms with Crippen molar-refractivity contribution in [2.24, 2.45) is 0 Å². The highest BCUT2D eigenvalue weighted by Crippen LogP contribution is 2.48. The van der Waals surface area contributed by atoms with Gasteiger partial charge in [0.2, 0.25) is 0 Å². The highest BCUT2D eigenvalue weighted by Gasteiger charge is 2.36. The number of methoxy groups -OCH3 is 2. The summed E-state index contributed by atoms with van der Waals surface area (Å²) in [7, 11) is 3.40. The average Bonchev–Trinajstić information content (AvgIpc) is 2.68. The molecule has 0 N–H and O–H groups in total. The van der Waals surface area contributed by atoms with E-state index in [1.807, 2.05) is 6.20 Å². The molecule has 1 aromatic heterocycles. The molecule has 3 heteroatoms. The Morgan fingerprint density at radius 3 is 2.00 bits per heavy atom. The second-order valence-corrected chi connectivity index (χ2v) is 7.10. The quantitative estimate of drug-likeness (QED) is 0.688. The summed E-state index contributed by atoms with van der Waals surface area (Å²) in [6.45, 7) is 0. The van der Waals surface area contributed by atoms with Crippen LogP contribution < -0.4 is 9.47 Å². The molecule has 0 amide bonds. The number of rotatable bonds is 2. The molecule has 3 aromatic rings. The molecule has 3 aliphatic rings. The third-order valence-corrected chi connectivity index (χ3v) is 5.88. The van der Waals surface area contributed by atoms with Crippen molar-refractivity contribution in [3.63, 3.8) is 0 Å². The van der Waals surface area contributed by atoms with Crippen molar-refractivity contribution in [3.05, 3.63) is 88.2 Å². The Labute approximate surface area is 153 Å². The zero-order valence-corrected chi connectivity index (χ0v) is 15.0. The zero-order chi connectivity index (χ0) is 17.7. The van der Waals surface area contributed by atoms with E-state index in [0.717, 1.165) is 24.3 Å². The minimum atomic E-state index is 0.288. The number of aromatic nitrogens is 1. The lowest BCUT2D eigenvalue weighted by atomic mass is 9.68. The number of benzene rings is 2. The number of hydrogen-bond donors (Lipinski definition) is 0. The van der Waals surface area contributed by atoms with Crippen LogP contribution in [0.3, 0.4) is 0 Å². The van der Waals surface area contributed by atoms with Crippen molar-refractivity contribution in [1.29, 1.82) is 0 Å². The highest BCUT2D eigenvalue weighted by atomic mass is 16.5. The molecule has 6 rings (SSSR count). The molecule has 0 aliphatic heterocycles. The van der Waals surface area contributed by atoms with E-state index in [0.29, 0.717) is 5.92 Å². The first-order valence-corrected chi connectivity index (χ1v) is 9.07. The molecule has 3 aliphatic carbocycles. The third kappa shape index (κ3) is 2.16. The van der Waals surface area contributed by atoms with E-state index in [1.165, 1.54) is 33.5 Å². The fourth-order valence-corrected chi connectivity index (χ4v) is 4.69. The molecule has 2 aromatic carbocycles. The van der Waals surface area contributed by atoms with Gasteiger partial charge in [-0.05, 0) is 58.9 Å². The second kappa shape index (κ2) is 5.87. The van der Waals surface area contributed by atoms with Gasteiger partial charge in [-0.3, -0.25) is 4.98 Å². The predicted molar refractivity (Wildman–Crippen MR) is 101 cm³/mol. The van der Waals surface area contributed by atoms with Crippen LogP contribution in [0.1, 0.15) is 45.3 Å². The van der Waals surface area contributed by atoms with E-state index >= 15 is 0 Å². The van der Waals surface area contributed by atoms with Crippen LogP contribution in [-0.4, -0.2) is 19.2 Å². The zero-order valence-electron chi connectivity index (χ0n) is 15.0. The standard InChI is InChI=1S/C23H21NO2/c1-25-21-12-14-10-19-16-6-3-4-7-17(16)20(11-15(14)13-22(21)26-2)23-18(19)8-5-9-24-23/h3-9,12-13,19-20H,10-11H2,1-2H3/t19-,20+/m1/s1. The van der Waals surface area contributed by atoms with Crippen molar-refractivity contribution in [1.82, 2.24) is 4.98 Å². The molecule has 130 valence electrons. The lowest BCUT2D eigenvalue weighted by Gasteiger charge is -2.37. The van der Waals surface area contributed by atoms with Gasteiger partial charge in [0, 0.05) is 18.0 Å². The minimum Gasteiger partial charge on any atom is -0.493 e. The predicted octanol–water partition coefficient (Wildman–Crippen LogP) is 4.47. The van der Waals surface area contributed by atoms with E-state index in [4.69, 9.17) is 14.5 Å². The Morgan fingerprint density at radius 2 is 1.35 bits per heavy atom. The van der Waals surface area contributed by atoms with Gasteiger partial charge in [0.25, 0.3) is 0 Å². The third-order valence-electron chi connectivity index (χ3n) is 5.88. The van der Waals surface area contributed by atoms with Gasteiger partial charge in [-0.2, -0.15) is 0 Å². The van der Waals surface area contributed by atoms with E-state index in [1.54, 1.807) is 14.2 Å². The van der Waals surface area contributed by atoms with Crippen LogP contribution in [0.15, 0.2) is 54.7 Å².